The summed E-state index contributed by atoms with van der Waals surface area (Å²) in [5.74, 6) is 1.39. The number of fused-ring (bicyclic) bond motifs is 1. The van der Waals surface area contributed by atoms with E-state index in [4.69, 9.17) is 13.9 Å². The van der Waals surface area contributed by atoms with Gasteiger partial charge in [-0.05, 0) is 58.4 Å². The van der Waals surface area contributed by atoms with Crippen LogP contribution in [0.4, 0.5) is 5.69 Å². The summed E-state index contributed by atoms with van der Waals surface area (Å²) in [6.45, 7) is 0. The second kappa shape index (κ2) is 7.92. The van der Waals surface area contributed by atoms with Gasteiger partial charge in [-0.1, -0.05) is 0 Å². The average Bonchev–Trinajstić information content (AvgIpc) is 3.16. The van der Waals surface area contributed by atoms with Crippen molar-refractivity contribution in [2.45, 2.75) is 0 Å². The van der Waals surface area contributed by atoms with Crippen molar-refractivity contribution in [2.24, 2.45) is 0 Å². The number of nitrogens with zero attached hydrogens (tertiary/aromatic N) is 2. The molecule has 0 bridgehead atoms. The largest absolute Gasteiger partial charge is 0.493 e. The molecule has 4 aromatic rings. The van der Waals surface area contributed by atoms with Crippen LogP contribution in [0.15, 0.2) is 63.7 Å². The highest BCUT2D eigenvalue weighted by Crippen LogP contribution is 2.33. The van der Waals surface area contributed by atoms with E-state index in [0.29, 0.717) is 39.7 Å². The zero-order valence-electron chi connectivity index (χ0n) is 15.6. The smallest absolute Gasteiger partial charge is 0.257 e. The number of pyridine rings is 1. The molecule has 2 aromatic heterocycles. The van der Waals surface area contributed by atoms with Crippen LogP contribution in [0, 0.1) is 0 Å². The van der Waals surface area contributed by atoms with Crippen LogP contribution in [0.3, 0.4) is 0 Å². The van der Waals surface area contributed by atoms with E-state index in [2.05, 4.69) is 31.2 Å². The van der Waals surface area contributed by atoms with Gasteiger partial charge in [0.15, 0.2) is 17.1 Å². The molecule has 0 fully saturated rings. The normalized spacial score (nSPS) is 10.7. The Morgan fingerprint density at radius 1 is 1.03 bits per heavy atom. The van der Waals surface area contributed by atoms with E-state index in [1.165, 1.54) is 6.20 Å². The highest BCUT2D eigenvalue weighted by Gasteiger charge is 2.13. The Balaban J connectivity index is 1.62. The van der Waals surface area contributed by atoms with Gasteiger partial charge in [-0.2, -0.15) is 0 Å². The highest BCUT2D eigenvalue weighted by atomic mass is 79.9. The number of anilines is 1. The molecule has 0 unspecified atom stereocenters. The maximum absolute atomic E-state index is 12.4. The number of carbonyl (C=O) groups is 1. The predicted molar refractivity (Wildman–Crippen MR) is 112 cm³/mol. The number of halogens is 1. The first kappa shape index (κ1) is 18.9. The number of nitrogens with one attached hydrogen (secondary N) is 1. The van der Waals surface area contributed by atoms with Crippen molar-refractivity contribution in [1.82, 2.24) is 9.97 Å². The molecule has 1 N–H and O–H groups in total. The fraction of sp³-hybridized carbons (Fsp3) is 0.0952. The van der Waals surface area contributed by atoms with Crippen molar-refractivity contribution in [3.8, 4) is 23.0 Å². The Kier molecular flexibility index (Phi) is 5.18. The highest BCUT2D eigenvalue weighted by molar-refractivity contribution is 9.10. The van der Waals surface area contributed by atoms with Gasteiger partial charge in [-0.25, -0.2) is 4.98 Å². The number of benzene rings is 2. The Morgan fingerprint density at radius 3 is 2.62 bits per heavy atom. The second-order valence-electron chi connectivity index (χ2n) is 6.12. The zero-order chi connectivity index (χ0) is 20.4. The molecule has 4 rings (SSSR count). The van der Waals surface area contributed by atoms with Crippen LogP contribution in [0.1, 0.15) is 10.4 Å². The SMILES string of the molecule is COc1ccc(-c2nc3cc(NC(=O)c4cncc(Br)c4)ccc3o2)cc1OC. The summed E-state index contributed by atoms with van der Waals surface area (Å²) < 4.78 is 17.2. The molecule has 7 nitrogen and oxygen atoms in total. The van der Waals surface area contributed by atoms with E-state index < -0.39 is 0 Å². The van der Waals surface area contributed by atoms with E-state index >= 15 is 0 Å². The maximum atomic E-state index is 12.4. The van der Waals surface area contributed by atoms with Gasteiger partial charge < -0.3 is 19.2 Å². The van der Waals surface area contributed by atoms with Crippen LogP contribution in [-0.4, -0.2) is 30.1 Å². The number of hydrogen-bond acceptors (Lipinski definition) is 6. The third-order valence-electron chi connectivity index (χ3n) is 4.24. The molecule has 0 aliphatic rings. The monoisotopic (exact) mass is 453 g/mol. The Morgan fingerprint density at radius 2 is 1.86 bits per heavy atom. The molecule has 2 heterocycles. The number of carbonyl (C=O) groups excluding carboxylic acids is 1. The molecule has 0 saturated carbocycles. The van der Waals surface area contributed by atoms with Crippen LogP contribution in [0.5, 0.6) is 11.5 Å². The average molecular weight is 454 g/mol. The zero-order valence-corrected chi connectivity index (χ0v) is 17.2. The van der Waals surface area contributed by atoms with Gasteiger partial charge in [0.25, 0.3) is 5.91 Å². The number of ether oxygens (including phenoxy) is 2. The lowest BCUT2D eigenvalue weighted by atomic mass is 10.2. The van der Waals surface area contributed by atoms with E-state index in [0.717, 1.165) is 10.0 Å². The summed E-state index contributed by atoms with van der Waals surface area (Å²) in [6, 6.07) is 12.4. The lowest BCUT2D eigenvalue weighted by Crippen LogP contribution is -2.12. The van der Waals surface area contributed by atoms with E-state index in [9.17, 15) is 4.79 Å². The van der Waals surface area contributed by atoms with Crippen molar-refractivity contribution in [3.63, 3.8) is 0 Å². The van der Waals surface area contributed by atoms with E-state index in [-0.39, 0.29) is 5.91 Å². The van der Waals surface area contributed by atoms with Gasteiger partial charge in [0, 0.05) is 28.1 Å². The Hall–Kier alpha value is -3.39. The summed E-state index contributed by atoms with van der Waals surface area (Å²) in [6.07, 6.45) is 3.12. The van der Waals surface area contributed by atoms with E-state index in [1.807, 2.05) is 6.07 Å². The molecule has 0 aliphatic carbocycles. The lowest BCUT2D eigenvalue weighted by molar-refractivity contribution is 0.102. The molecule has 2 aromatic carbocycles. The summed E-state index contributed by atoms with van der Waals surface area (Å²) in [5, 5.41) is 2.84. The molecule has 29 heavy (non-hydrogen) atoms. The summed E-state index contributed by atoms with van der Waals surface area (Å²) >= 11 is 3.31. The molecular weight excluding hydrogens is 438 g/mol. The van der Waals surface area contributed by atoms with Crippen molar-refractivity contribution in [2.75, 3.05) is 19.5 Å². The summed E-state index contributed by atoms with van der Waals surface area (Å²) in [5.41, 5.74) is 3.04. The fourth-order valence-corrected chi connectivity index (χ4v) is 3.20. The van der Waals surface area contributed by atoms with Crippen LogP contribution in [-0.2, 0) is 0 Å². The molecule has 0 radical (unpaired) electrons. The first-order valence-corrected chi connectivity index (χ1v) is 9.41. The summed E-state index contributed by atoms with van der Waals surface area (Å²) in [7, 11) is 3.15. The van der Waals surface area contributed by atoms with Gasteiger partial charge in [-0.15, -0.1) is 0 Å². The van der Waals surface area contributed by atoms with Crippen molar-refractivity contribution < 1.29 is 18.7 Å². The van der Waals surface area contributed by atoms with Gasteiger partial charge in [0.05, 0.1) is 19.8 Å². The van der Waals surface area contributed by atoms with Crippen LogP contribution in [0.25, 0.3) is 22.6 Å². The molecule has 0 atom stereocenters. The van der Waals surface area contributed by atoms with Crippen LogP contribution < -0.4 is 14.8 Å². The third kappa shape index (κ3) is 3.93. The Bertz CT molecular complexity index is 1210. The predicted octanol–water partition coefficient (Wildman–Crippen LogP) is 4.92. The minimum absolute atomic E-state index is 0.262. The molecule has 0 saturated heterocycles. The third-order valence-corrected chi connectivity index (χ3v) is 4.68. The van der Waals surface area contributed by atoms with E-state index in [1.54, 1.807) is 56.8 Å². The van der Waals surface area contributed by atoms with Crippen molar-refractivity contribution in [3.05, 3.63) is 64.9 Å². The standard InChI is InChI=1S/C21H16BrN3O4/c1-27-18-5-3-12(8-19(18)28-2)21-25-16-9-15(4-6-17(16)29-21)24-20(26)13-7-14(22)11-23-10-13/h3-11H,1-2H3,(H,24,26). The van der Waals surface area contributed by atoms with Crippen LogP contribution >= 0.6 is 15.9 Å². The maximum Gasteiger partial charge on any atom is 0.257 e. The Labute approximate surface area is 174 Å². The molecule has 8 heteroatoms. The minimum atomic E-state index is -0.262. The minimum Gasteiger partial charge on any atom is -0.493 e. The lowest BCUT2D eigenvalue weighted by Gasteiger charge is -2.07. The first-order chi connectivity index (χ1) is 14.1. The number of amides is 1. The van der Waals surface area contributed by atoms with Gasteiger partial charge in [0.1, 0.15) is 5.52 Å². The quantitative estimate of drug-likeness (QED) is 0.461. The van der Waals surface area contributed by atoms with Crippen LogP contribution in [0.2, 0.25) is 0 Å². The van der Waals surface area contributed by atoms with Crippen molar-refractivity contribution in [1.29, 1.82) is 0 Å². The number of rotatable bonds is 5. The first-order valence-electron chi connectivity index (χ1n) is 8.62. The van der Waals surface area contributed by atoms with Gasteiger partial charge in [0.2, 0.25) is 5.89 Å². The molecule has 0 aliphatic heterocycles. The number of oxazole rings is 1. The number of hydrogen-bond donors (Lipinski definition) is 1. The molecule has 1 amide bonds. The second-order valence-corrected chi connectivity index (χ2v) is 7.03. The summed E-state index contributed by atoms with van der Waals surface area (Å²) in [4.78, 5) is 21.0. The molecule has 146 valence electrons. The number of aromatic nitrogens is 2. The number of methoxy groups -OCH3 is 2. The molecule has 0 spiro atoms. The topological polar surface area (TPSA) is 86.5 Å². The van der Waals surface area contributed by atoms with Gasteiger partial charge in [-0.3, -0.25) is 9.78 Å². The van der Waals surface area contributed by atoms with Crippen molar-refractivity contribution >= 4 is 38.6 Å². The van der Waals surface area contributed by atoms with Gasteiger partial charge >= 0.3 is 0 Å². The molecular formula is C21H16BrN3O4. The fourth-order valence-electron chi connectivity index (χ4n) is 2.84.